The molecule has 0 spiro atoms. The molecule has 0 atom stereocenters. The number of nitrogens with zero attached hydrogens (tertiary/aromatic N) is 2. The van der Waals surface area contributed by atoms with Crippen molar-refractivity contribution in [1.29, 1.82) is 0 Å². The van der Waals surface area contributed by atoms with E-state index in [9.17, 15) is 0 Å². The fourth-order valence-electron chi connectivity index (χ4n) is 2.52. The smallest absolute Gasteiger partial charge is 0.0852 e. The molecule has 0 saturated carbocycles. The lowest BCUT2D eigenvalue weighted by Crippen LogP contribution is -2.37. The molecule has 0 aliphatic carbocycles. The molecule has 0 unspecified atom stereocenters. The lowest BCUT2D eigenvalue weighted by molar-refractivity contribution is 0.172. The van der Waals surface area contributed by atoms with Gasteiger partial charge in [0.1, 0.15) is 0 Å². The molecule has 2 rings (SSSR count). The maximum absolute atomic E-state index is 8.97. The van der Waals surface area contributed by atoms with Crippen molar-refractivity contribution >= 4 is 0 Å². The highest BCUT2D eigenvalue weighted by Crippen LogP contribution is 2.28. The van der Waals surface area contributed by atoms with Gasteiger partial charge in [0.2, 0.25) is 0 Å². The van der Waals surface area contributed by atoms with E-state index in [0.29, 0.717) is 12.0 Å². The van der Waals surface area contributed by atoms with Crippen LogP contribution < -0.4 is 0 Å². The zero-order chi connectivity index (χ0) is 16.3. The molecule has 1 aromatic rings. The van der Waals surface area contributed by atoms with Crippen molar-refractivity contribution in [3.63, 3.8) is 0 Å². The summed E-state index contributed by atoms with van der Waals surface area (Å²) in [5.41, 5.74) is 2.08. The molecule has 3 heteroatoms. The second kappa shape index (κ2) is 11.7. The highest BCUT2D eigenvalue weighted by Gasteiger charge is 2.21. The number of aromatic nitrogens is 1. The summed E-state index contributed by atoms with van der Waals surface area (Å²) < 4.78 is 0. The third-order valence-electron chi connectivity index (χ3n) is 3.74. The minimum Gasteiger partial charge on any atom is -0.390 e. The molecule has 1 aliphatic heterocycles. The van der Waals surface area contributed by atoms with E-state index in [2.05, 4.69) is 29.8 Å². The van der Waals surface area contributed by atoms with Crippen molar-refractivity contribution in [3.05, 3.63) is 29.6 Å². The van der Waals surface area contributed by atoms with Crippen LogP contribution in [0.1, 0.15) is 71.6 Å². The SMILES string of the molecule is CC.CC.CC(C)N1CCC(c2ccc(CO)nc2)CC1. The first-order valence-corrected chi connectivity index (χ1v) is 8.50. The van der Waals surface area contributed by atoms with Gasteiger partial charge < -0.3 is 10.0 Å². The molecule has 0 radical (unpaired) electrons. The van der Waals surface area contributed by atoms with Crippen LogP contribution in [0, 0.1) is 0 Å². The van der Waals surface area contributed by atoms with E-state index in [0.717, 1.165) is 5.69 Å². The third-order valence-corrected chi connectivity index (χ3v) is 3.74. The minimum atomic E-state index is 0.0338. The number of rotatable bonds is 3. The van der Waals surface area contributed by atoms with Gasteiger partial charge in [-0.2, -0.15) is 0 Å². The number of aliphatic hydroxyl groups is 1. The quantitative estimate of drug-likeness (QED) is 0.907. The van der Waals surface area contributed by atoms with Gasteiger partial charge in [0, 0.05) is 12.2 Å². The zero-order valence-corrected chi connectivity index (χ0v) is 14.8. The molecular formula is C18H34N2O. The molecule has 122 valence electrons. The van der Waals surface area contributed by atoms with Crippen molar-refractivity contribution < 1.29 is 5.11 Å². The van der Waals surface area contributed by atoms with E-state index in [-0.39, 0.29) is 6.61 Å². The molecular weight excluding hydrogens is 260 g/mol. The standard InChI is InChI=1S/C14H22N2O.2C2H6/c1-11(2)16-7-5-12(6-8-16)13-3-4-14(10-17)15-9-13;2*1-2/h3-4,9,11-12,17H,5-8,10H2,1-2H3;2*1-2H3. The van der Waals surface area contributed by atoms with E-state index >= 15 is 0 Å². The van der Waals surface area contributed by atoms with Crippen LogP contribution in [-0.4, -0.2) is 34.1 Å². The van der Waals surface area contributed by atoms with Gasteiger partial charge in [0.05, 0.1) is 12.3 Å². The Morgan fingerprint density at radius 3 is 2.10 bits per heavy atom. The first-order valence-electron chi connectivity index (χ1n) is 8.50. The van der Waals surface area contributed by atoms with E-state index in [1.54, 1.807) is 0 Å². The first-order chi connectivity index (χ1) is 10.2. The summed E-state index contributed by atoms with van der Waals surface area (Å²) in [6.45, 7) is 14.9. The molecule has 0 aromatic carbocycles. The monoisotopic (exact) mass is 294 g/mol. The highest BCUT2D eigenvalue weighted by molar-refractivity contribution is 5.18. The molecule has 21 heavy (non-hydrogen) atoms. The summed E-state index contributed by atoms with van der Waals surface area (Å²) in [4.78, 5) is 6.80. The Morgan fingerprint density at radius 1 is 1.14 bits per heavy atom. The molecule has 1 aromatic heterocycles. The Balaban J connectivity index is 0.000000921. The topological polar surface area (TPSA) is 36.4 Å². The Morgan fingerprint density at radius 2 is 1.71 bits per heavy atom. The summed E-state index contributed by atoms with van der Waals surface area (Å²) in [5.74, 6) is 0.644. The number of hydrogen-bond acceptors (Lipinski definition) is 3. The predicted molar refractivity (Wildman–Crippen MR) is 91.5 cm³/mol. The van der Waals surface area contributed by atoms with Gasteiger partial charge in [-0.05, 0) is 57.3 Å². The van der Waals surface area contributed by atoms with Gasteiger partial charge in [0.25, 0.3) is 0 Å². The van der Waals surface area contributed by atoms with Gasteiger partial charge in [-0.3, -0.25) is 4.98 Å². The largest absolute Gasteiger partial charge is 0.390 e. The van der Waals surface area contributed by atoms with E-state index < -0.39 is 0 Å². The zero-order valence-electron chi connectivity index (χ0n) is 14.8. The first kappa shape index (κ1) is 20.1. The van der Waals surface area contributed by atoms with Crippen LogP contribution in [0.25, 0.3) is 0 Å². The van der Waals surface area contributed by atoms with Crippen LogP contribution in [0.2, 0.25) is 0 Å². The molecule has 1 saturated heterocycles. The average Bonchev–Trinajstić information content (AvgIpc) is 2.58. The Bertz CT molecular complexity index is 341. The van der Waals surface area contributed by atoms with Gasteiger partial charge in [0.15, 0.2) is 0 Å². The summed E-state index contributed by atoms with van der Waals surface area (Å²) in [6.07, 6.45) is 4.37. The van der Waals surface area contributed by atoms with Crippen molar-refractivity contribution in [2.75, 3.05) is 13.1 Å². The molecule has 0 bridgehead atoms. The maximum Gasteiger partial charge on any atom is 0.0852 e. The second-order valence-corrected chi connectivity index (χ2v) is 5.14. The van der Waals surface area contributed by atoms with Crippen LogP contribution in [0.3, 0.4) is 0 Å². The lowest BCUT2D eigenvalue weighted by Gasteiger charge is -2.34. The van der Waals surface area contributed by atoms with E-state index in [4.69, 9.17) is 5.11 Å². The molecule has 3 nitrogen and oxygen atoms in total. The van der Waals surface area contributed by atoms with Gasteiger partial charge in [-0.25, -0.2) is 0 Å². The predicted octanol–water partition coefficient (Wildman–Crippen LogP) is 4.21. The highest BCUT2D eigenvalue weighted by atomic mass is 16.3. The second-order valence-electron chi connectivity index (χ2n) is 5.14. The average molecular weight is 294 g/mol. The fraction of sp³-hybridized carbons (Fsp3) is 0.722. The summed E-state index contributed by atoms with van der Waals surface area (Å²) in [7, 11) is 0. The van der Waals surface area contributed by atoms with Crippen molar-refractivity contribution in [2.24, 2.45) is 0 Å². The Kier molecular flexibility index (Phi) is 11.2. The van der Waals surface area contributed by atoms with Crippen molar-refractivity contribution in [1.82, 2.24) is 9.88 Å². The summed E-state index contributed by atoms with van der Waals surface area (Å²) >= 11 is 0. The fourth-order valence-corrected chi connectivity index (χ4v) is 2.52. The van der Waals surface area contributed by atoms with Gasteiger partial charge in [-0.1, -0.05) is 33.8 Å². The molecule has 2 heterocycles. The van der Waals surface area contributed by atoms with E-state index in [1.807, 2.05) is 40.0 Å². The number of likely N-dealkylation sites (tertiary alicyclic amines) is 1. The third kappa shape index (κ3) is 6.58. The van der Waals surface area contributed by atoms with Gasteiger partial charge >= 0.3 is 0 Å². The molecule has 1 aliphatic rings. The molecule has 1 N–H and O–H groups in total. The van der Waals surface area contributed by atoms with Crippen LogP contribution in [-0.2, 0) is 6.61 Å². The lowest BCUT2D eigenvalue weighted by atomic mass is 9.90. The van der Waals surface area contributed by atoms with Crippen LogP contribution in [0.4, 0.5) is 0 Å². The summed E-state index contributed by atoms with van der Waals surface area (Å²) in [6, 6.07) is 4.71. The van der Waals surface area contributed by atoms with Crippen molar-refractivity contribution in [2.45, 2.75) is 73.0 Å². The Labute approximate surface area is 131 Å². The number of piperidine rings is 1. The maximum atomic E-state index is 8.97. The van der Waals surface area contributed by atoms with Crippen LogP contribution in [0.5, 0.6) is 0 Å². The number of hydrogen-bond donors (Lipinski definition) is 1. The van der Waals surface area contributed by atoms with Gasteiger partial charge in [-0.15, -0.1) is 0 Å². The molecule has 0 amide bonds. The number of aliphatic hydroxyl groups excluding tert-OH is 1. The molecule has 1 fully saturated rings. The van der Waals surface area contributed by atoms with E-state index in [1.165, 1.54) is 31.5 Å². The van der Waals surface area contributed by atoms with Crippen LogP contribution >= 0.6 is 0 Å². The van der Waals surface area contributed by atoms with Crippen LogP contribution in [0.15, 0.2) is 18.3 Å². The minimum absolute atomic E-state index is 0.0338. The normalized spacial score (nSPS) is 15.8. The Hall–Kier alpha value is -0.930. The summed E-state index contributed by atoms with van der Waals surface area (Å²) in [5, 5.41) is 8.97. The number of pyridine rings is 1. The van der Waals surface area contributed by atoms with Crippen molar-refractivity contribution in [3.8, 4) is 0 Å².